The fraction of sp³-hybridized carbons (Fsp3) is 0.333. The summed E-state index contributed by atoms with van der Waals surface area (Å²) >= 11 is 3.65. The number of anilines is 1. The summed E-state index contributed by atoms with van der Waals surface area (Å²) in [6, 6.07) is 14.8. The molecule has 0 saturated carbocycles. The predicted octanol–water partition coefficient (Wildman–Crippen LogP) is 3.08. The third kappa shape index (κ3) is 4.30. The molecule has 1 aliphatic heterocycles. The van der Waals surface area contributed by atoms with Crippen LogP contribution in [0.3, 0.4) is 0 Å². The first-order valence-corrected chi connectivity index (χ1v) is 10.4. The molecule has 1 fully saturated rings. The first-order valence-electron chi connectivity index (χ1n) is 9.62. The van der Waals surface area contributed by atoms with Gasteiger partial charge in [0.2, 0.25) is 0 Å². The lowest BCUT2D eigenvalue weighted by atomic mass is 10.2. The minimum atomic E-state index is 0.383. The number of benzene rings is 1. The molecule has 3 heterocycles. The van der Waals surface area contributed by atoms with Crippen LogP contribution in [0.25, 0.3) is 5.65 Å². The summed E-state index contributed by atoms with van der Waals surface area (Å²) in [5.74, 6) is 0.850. The van der Waals surface area contributed by atoms with Gasteiger partial charge in [-0.05, 0) is 46.6 Å². The number of hydrogen-bond donors (Lipinski definition) is 2. The lowest BCUT2D eigenvalue weighted by molar-refractivity contribution is 0.647. The monoisotopic (exact) mass is 440 g/mol. The first kappa shape index (κ1) is 18.8. The van der Waals surface area contributed by atoms with Gasteiger partial charge in [-0.15, -0.1) is 0 Å². The van der Waals surface area contributed by atoms with Crippen molar-refractivity contribution in [3.8, 4) is 0 Å². The van der Waals surface area contributed by atoms with E-state index in [2.05, 4.69) is 70.2 Å². The maximum atomic E-state index is 4.64. The van der Waals surface area contributed by atoms with Crippen LogP contribution >= 0.6 is 15.9 Å². The minimum absolute atomic E-state index is 0.383. The van der Waals surface area contributed by atoms with Gasteiger partial charge in [0.15, 0.2) is 5.96 Å². The van der Waals surface area contributed by atoms with E-state index >= 15 is 0 Å². The van der Waals surface area contributed by atoms with E-state index in [-0.39, 0.29) is 0 Å². The molecule has 1 atom stereocenters. The Morgan fingerprint density at radius 2 is 2.11 bits per heavy atom. The van der Waals surface area contributed by atoms with E-state index in [0.717, 1.165) is 54.2 Å². The highest BCUT2D eigenvalue weighted by Gasteiger charge is 2.24. The van der Waals surface area contributed by atoms with Crippen molar-refractivity contribution >= 4 is 33.2 Å². The normalized spacial score (nSPS) is 17.3. The standard InChI is InChI=1S/C21H25BrN6/c1-23-21(24-11-9-16-15-28-12-5-4-8-20(28)25-16)26-17-10-13-27(14-17)19-7-3-2-6-18(19)22/h2-8,12,15,17H,9-11,13-14H2,1H3,(H2,23,24,26). The van der Waals surface area contributed by atoms with Gasteiger partial charge in [0.05, 0.1) is 11.4 Å². The molecular weight excluding hydrogens is 416 g/mol. The molecular formula is C21H25BrN6. The van der Waals surface area contributed by atoms with Crippen molar-refractivity contribution in [2.24, 2.45) is 4.99 Å². The molecule has 0 radical (unpaired) electrons. The van der Waals surface area contributed by atoms with E-state index in [4.69, 9.17) is 0 Å². The molecule has 146 valence electrons. The van der Waals surface area contributed by atoms with E-state index in [0.29, 0.717) is 6.04 Å². The van der Waals surface area contributed by atoms with Crippen molar-refractivity contribution in [1.82, 2.24) is 20.0 Å². The third-order valence-electron chi connectivity index (χ3n) is 5.03. The van der Waals surface area contributed by atoms with E-state index in [1.165, 1.54) is 5.69 Å². The second-order valence-corrected chi connectivity index (χ2v) is 7.83. The Morgan fingerprint density at radius 1 is 1.25 bits per heavy atom. The summed E-state index contributed by atoms with van der Waals surface area (Å²) in [6.45, 7) is 2.80. The van der Waals surface area contributed by atoms with Crippen LogP contribution in [0, 0.1) is 0 Å². The molecule has 0 bridgehead atoms. The molecule has 7 heteroatoms. The summed E-state index contributed by atoms with van der Waals surface area (Å²) in [6.07, 6.45) is 6.06. The molecule has 0 aliphatic carbocycles. The van der Waals surface area contributed by atoms with Gasteiger partial charge in [-0.3, -0.25) is 4.99 Å². The Balaban J connectivity index is 1.27. The van der Waals surface area contributed by atoms with Crippen LogP contribution in [0.2, 0.25) is 0 Å². The molecule has 6 nitrogen and oxygen atoms in total. The zero-order valence-electron chi connectivity index (χ0n) is 16.0. The number of aromatic nitrogens is 2. The van der Waals surface area contributed by atoms with Crippen molar-refractivity contribution in [2.75, 3.05) is 31.6 Å². The van der Waals surface area contributed by atoms with Crippen molar-refractivity contribution < 1.29 is 0 Å². The number of rotatable bonds is 5. The van der Waals surface area contributed by atoms with Crippen LogP contribution in [0.1, 0.15) is 12.1 Å². The number of nitrogens with one attached hydrogen (secondary N) is 2. The molecule has 1 aliphatic rings. The molecule has 1 aromatic carbocycles. The van der Waals surface area contributed by atoms with Crippen LogP contribution in [0.15, 0.2) is 64.3 Å². The molecule has 4 rings (SSSR count). The predicted molar refractivity (Wildman–Crippen MR) is 118 cm³/mol. The van der Waals surface area contributed by atoms with Gasteiger partial charge in [0.1, 0.15) is 5.65 Å². The van der Waals surface area contributed by atoms with Crippen LogP contribution in [-0.2, 0) is 6.42 Å². The Labute approximate surface area is 173 Å². The lowest BCUT2D eigenvalue weighted by Gasteiger charge is -2.21. The molecule has 0 spiro atoms. The smallest absolute Gasteiger partial charge is 0.191 e. The number of halogens is 1. The highest BCUT2D eigenvalue weighted by atomic mass is 79.9. The lowest BCUT2D eigenvalue weighted by Crippen LogP contribution is -2.45. The van der Waals surface area contributed by atoms with Gasteiger partial charge < -0.3 is 19.9 Å². The molecule has 1 unspecified atom stereocenters. The SMILES string of the molecule is CN=C(NCCc1cn2ccccc2n1)NC1CCN(c2ccccc2Br)C1. The van der Waals surface area contributed by atoms with Gasteiger partial charge in [-0.25, -0.2) is 4.98 Å². The number of para-hydroxylation sites is 1. The van der Waals surface area contributed by atoms with E-state index in [1.54, 1.807) is 0 Å². The van der Waals surface area contributed by atoms with Crippen molar-refractivity contribution in [3.05, 3.63) is 65.0 Å². The Kier molecular flexibility index (Phi) is 5.81. The second-order valence-electron chi connectivity index (χ2n) is 6.97. The van der Waals surface area contributed by atoms with Crippen molar-refractivity contribution in [3.63, 3.8) is 0 Å². The van der Waals surface area contributed by atoms with Crippen LogP contribution in [0.4, 0.5) is 5.69 Å². The molecule has 3 aromatic rings. The number of imidazole rings is 1. The summed E-state index contributed by atoms with van der Waals surface area (Å²) in [5, 5.41) is 6.97. The number of aliphatic imine (C=N–C) groups is 1. The molecule has 0 amide bonds. The van der Waals surface area contributed by atoms with Gasteiger partial charge in [0.25, 0.3) is 0 Å². The Morgan fingerprint density at radius 3 is 2.93 bits per heavy atom. The maximum Gasteiger partial charge on any atom is 0.191 e. The minimum Gasteiger partial charge on any atom is -0.368 e. The fourth-order valence-corrected chi connectivity index (χ4v) is 4.15. The topological polar surface area (TPSA) is 57.0 Å². The summed E-state index contributed by atoms with van der Waals surface area (Å²) in [4.78, 5) is 11.4. The first-order chi connectivity index (χ1) is 13.7. The summed E-state index contributed by atoms with van der Waals surface area (Å²) in [5.41, 5.74) is 3.31. The number of nitrogens with zero attached hydrogens (tertiary/aromatic N) is 4. The summed E-state index contributed by atoms with van der Waals surface area (Å²) < 4.78 is 3.20. The van der Waals surface area contributed by atoms with Crippen molar-refractivity contribution in [1.29, 1.82) is 0 Å². The number of hydrogen-bond acceptors (Lipinski definition) is 3. The van der Waals surface area contributed by atoms with E-state index < -0.39 is 0 Å². The van der Waals surface area contributed by atoms with Crippen LogP contribution < -0.4 is 15.5 Å². The van der Waals surface area contributed by atoms with Gasteiger partial charge in [-0.2, -0.15) is 0 Å². The van der Waals surface area contributed by atoms with Crippen LogP contribution in [0.5, 0.6) is 0 Å². The maximum absolute atomic E-state index is 4.64. The van der Waals surface area contributed by atoms with E-state index in [1.807, 2.05) is 37.5 Å². The van der Waals surface area contributed by atoms with E-state index in [9.17, 15) is 0 Å². The Hall–Kier alpha value is -2.54. The largest absolute Gasteiger partial charge is 0.368 e. The average molecular weight is 441 g/mol. The molecule has 28 heavy (non-hydrogen) atoms. The zero-order valence-corrected chi connectivity index (χ0v) is 17.6. The van der Waals surface area contributed by atoms with Crippen LogP contribution in [-0.4, -0.2) is 48.1 Å². The average Bonchev–Trinajstić information content (AvgIpc) is 3.34. The number of guanidine groups is 1. The number of fused-ring (bicyclic) bond motifs is 1. The second kappa shape index (κ2) is 8.65. The molecule has 2 N–H and O–H groups in total. The van der Waals surface area contributed by atoms with Gasteiger partial charge in [0, 0.05) is 56.0 Å². The molecule has 1 saturated heterocycles. The molecule has 2 aromatic heterocycles. The van der Waals surface area contributed by atoms with Gasteiger partial charge in [-0.1, -0.05) is 18.2 Å². The van der Waals surface area contributed by atoms with Gasteiger partial charge >= 0.3 is 0 Å². The highest BCUT2D eigenvalue weighted by molar-refractivity contribution is 9.10. The quantitative estimate of drug-likeness (QED) is 0.472. The number of pyridine rings is 1. The third-order valence-corrected chi connectivity index (χ3v) is 5.70. The highest BCUT2D eigenvalue weighted by Crippen LogP contribution is 2.28. The zero-order chi connectivity index (χ0) is 19.3. The van der Waals surface area contributed by atoms with Crippen molar-refractivity contribution in [2.45, 2.75) is 18.9 Å². The fourth-order valence-electron chi connectivity index (χ4n) is 3.61. The summed E-state index contributed by atoms with van der Waals surface area (Å²) in [7, 11) is 1.82. The Bertz CT molecular complexity index is 933.